The standard InChI is InChI=1S/C20H20FN3O/c1-25-18-12-5-2-8-14(18)19-15-9-6-7-13-22-20(15)24(23-19)17-11-4-3-10-16(17)21/h2-5,8,10-12,22H,6-7,9,13H2,1H3. The van der Waals surface area contributed by atoms with Crippen molar-refractivity contribution < 1.29 is 9.13 Å². The van der Waals surface area contributed by atoms with Crippen LogP contribution in [0.15, 0.2) is 48.5 Å². The molecule has 128 valence electrons. The summed E-state index contributed by atoms with van der Waals surface area (Å²) in [6.07, 6.45) is 3.06. The summed E-state index contributed by atoms with van der Waals surface area (Å²) in [5.41, 5.74) is 3.35. The van der Waals surface area contributed by atoms with Crippen molar-refractivity contribution in [2.24, 2.45) is 0 Å². The summed E-state index contributed by atoms with van der Waals surface area (Å²) in [6.45, 7) is 0.860. The number of fused-ring (bicyclic) bond motifs is 1. The van der Waals surface area contributed by atoms with Gasteiger partial charge in [-0.25, -0.2) is 9.07 Å². The minimum Gasteiger partial charge on any atom is -0.496 e. The number of nitrogens with one attached hydrogen (secondary N) is 1. The first-order valence-corrected chi connectivity index (χ1v) is 8.53. The Morgan fingerprint density at radius 3 is 2.72 bits per heavy atom. The summed E-state index contributed by atoms with van der Waals surface area (Å²) in [4.78, 5) is 0. The van der Waals surface area contributed by atoms with Crippen LogP contribution in [-0.2, 0) is 6.42 Å². The Kier molecular flexibility index (Phi) is 4.14. The van der Waals surface area contributed by atoms with Gasteiger partial charge in [0.15, 0.2) is 0 Å². The van der Waals surface area contributed by atoms with E-state index in [-0.39, 0.29) is 5.82 Å². The van der Waals surface area contributed by atoms with E-state index in [0.29, 0.717) is 5.69 Å². The molecule has 0 saturated carbocycles. The van der Waals surface area contributed by atoms with E-state index in [0.717, 1.165) is 54.2 Å². The Hall–Kier alpha value is -2.82. The fraction of sp³-hybridized carbons (Fsp3) is 0.250. The largest absolute Gasteiger partial charge is 0.496 e. The second-order valence-electron chi connectivity index (χ2n) is 6.12. The molecule has 1 aromatic heterocycles. The van der Waals surface area contributed by atoms with E-state index in [9.17, 15) is 4.39 Å². The highest BCUT2D eigenvalue weighted by Crippen LogP contribution is 2.38. The molecule has 0 fully saturated rings. The molecule has 2 aromatic carbocycles. The summed E-state index contributed by atoms with van der Waals surface area (Å²) in [5, 5.41) is 8.22. The lowest BCUT2D eigenvalue weighted by molar-refractivity contribution is 0.416. The van der Waals surface area contributed by atoms with Crippen LogP contribution in [0.5, 0.6) is 5.75 Å². The van der Waals surface area contributed by atoms with Crippen molar-refractivity contribution in [3.8, 4) is 22.7 Å². The van der Waals surface area contributed by atoms with Crippen LogP contribution in [0.1, 0.15) is 18.4 Å². The van der Waals surface area contributed by atoms with Crippen molar-refractivity contribution in [2.45, 2.75) is 19.3 Å². The van der Waals surface area contributed by atoms with E-state index in [1.54, 1.807) is 23.9 Å². The third kappa shape index (κ3) is 2.76. The smallest absolute Gasteiger partial charge is 0.148 e. The fourth-order valence-corrected chi connectivity index (χ4v) is 3.36. The molecule has 0 aliphatic carbocycles. The zero-order chi connectivity index (χ0) is 17.2. The first-order valence-electron chi connectivity index (χ1n) is 8.53. The summed E-state index contributed by atoms with van der Waals surface area (Å²) in [7, 11) is 1.66. The van der Waals surface area contributed by atoms with Gasteiger partial charge in [0.05, 0.1) is 7.11 Å². The summed E-state index contributed by atoms with van der Waals surface area (Å²) in [6, 6.07) is 14.6. The average Bonchev–Trinajstić information content (AvgIpc) is 2.83. The van der Waals surface area contributed by atoms with Gasteiger partial charge >= 0.3 is 0 Å². The van der Waals surface area contributed by atoms with Crippen LogP contribution in [0.2, 0.25) is 0 Å². The number of benzene rings is 2. The highest BCUT2D eigenvalue weighted by molar-refractivity contribution is 5.75. The minimum absolute atomic E-state index is 0.287. The Bertz CT molecular complexity index is 904. The molecule has 0 atom stereocenters. The number of nitrogens with zero attached hydrogens (tertiary/aromatic N) is 2. The minimum atomic E-state index is -0.287. The molecular formula is C20H20FN3O. The van der Waals surface area contributed by atoms with Crippen LogP contribution >= 0.6 is 0 Å². The molecule has 5 heteroatoms. The molecule has 0 radical (unpaired) electrons. The second-order valence-corrected chi connectivity index (χ2v) is 6.12. The van der Waals surface area contributed by atoms with Crippen molar-refractivity contribution in [3.05, 3.63) is 59.9 Å². The molecule has 0 unspecified atom stereocenters. The van der Waals surface area contributed by atoms with Crippen LogP contribution in [0.4, 0.5) is 10.2 Å². The number of anilines is 1. The average molecular weight is 337 g/mol. The molecule has 0 bridgehead atoms. The molecule has 0 amide bonds. The first kappa shape index (κ1) is 15.7. The van der Waals surface area contributed by atoms with Gasteiger partial charge in [0, 0.05) is 17.7 Å². The molecule has 2 heterocycles. The van der Waals surface area contributed by atoms with Crippen LogP contribution in [0.3, 0.4) is 0 Å². The van der Waals surface area contributed by atoms with Gasteiger partial charge < -0.3 is 10.1 Å². The predicted octanol–water partition coefficient (Wildman–Crippen LogP) is 4.44. The monoisotopic (exact) mass is 337 g/mol. The van der Waals surface area contributed by atoms with Gasteiger partial charge in [-0.2, -0.15) is 5.10 Å². The number of methoxy groups -OCH3 is 1. The summed E-state index contributed by atoms with van der Waals surface area (Å²) in [5.74, 6) is 1.36. The molecule has 1 aliphatic rings. The molecule has 1 aliphatic heterocycles. The number of hydrogen-bond acceptors (Lipinski definition) is 3. The van der Waals surface area contributed by atoms with Crippen molar-refractivity contribution >= 4 is 5.82 Å². The molecular weight excluding hydrogens is 317 g/mol. The molecule has 1 N–H and O–H groups in total. The third-order valence-electron chi connectivity index (χ3n) is 4.57. The topological polar surface area (TPSA) is 39.1 Å². The summed E-state index contributed by atoms with van der Waals surface area (Å²) >= 11 is 0. The Labute approximate surface area is 146 Å². The maximum Gasteiger partial charge on any atom is 0.148 e. The predicted molar refractivity (Wildman–Crippen MR) is 96.9 cm³/mol. The Morgan fingerprint density at radius 1 is 1.08 bits per heavy atom. The van der Waals surface area contributed by atoms with E-state index < -0.39 is 0 Å². The van der Waals surface area contributed by atoms with E-state index in [1.807, 2.05) is 30.3 Å². The summed E-state index contributed by atoms with van der Waals surface area (Å²) < 4.78 is 21.6. The van der Waals surface area contributed by atoms with Crippen molar-refractivity contribution in [1.29, 1.82) is 0 Å². The van der Waals surface area contributed by atoms with Crippen molar-refractivity contribution in [3.63, 3.8) is 0 Å². The Balaban J connectivity index is 1.96. The third-order valence-corrected chi connectivity index (χ3v) is 4.57. The maximum absolute atomic E-state index is 14.4. The van der Waals surface area contributed by atoms with E-state index in [4.69, 9.17) is 9.84 Å². The zero-order valence-electron chi connectivity index (χ0n) is 14.1. The lowest BCUT2D eigenvalue weighted by Gasteiger charge is -2.09. The van der Waals surface area contributed by atoms with Gasteiger partial charge in [0.2, 0.25) is 0 Å². The van der Waals surface area contributed by atoms with Gasteiger partial charge in [0.25, 0.3) is 0 Å². The van der Waals surface area contributed by atoms with Crippen LogP contribution in [0.25, 0.3) is 16.9 Å². The van der Waals surface area contributed by atoms with Gasteiger partial charge in [-0.05, 0) is 43.5 Å². The Morgan fingerprint density at radius 2 is 1.88 bits per heavy atom. The van der Waals surface area contributed by atoms with Gasteiger partial charge in [-0.3, -0.25) is 0 Å². The first-order chi connectivity index (χ1) is 12.3. The number of hydrogen-bond donors (Lipinski definition) is 1. The number of halogens is 1. The fourth-order valence-electron chi connectivity index (χ4n) is 3.36. The lowest BCUT2D eigenvalue weighted by atomic mass is 10.0. The van der Waals surface area contributed by atoms with Crippen molar-refractivity contribution in [1.82, 2.24) is 9.78 Å². The SMILES string of the molecule is COc1ccccc1-c1nn(-c2ccccc2F)c2c1CCCCN2. The van der Waals surface area contributed by atoms with Crippen molar-refractivity contribution in [2.75, 3.05) is 19.0 Å². The van der Waals surface area contributed by atoms with E-state index in [2.05, 4.69) is 5.32 Å². The van der Waals surface area contributed by atoms with Crippen LogP contribution in [-0.4, -0.2) is 23.4 Å². The molecule has 0 saturated heterocycles. The highest BCUT2D eigenvalue weighted by atomic mass is 19.1. The lowest BCUT2D eigenvalue weighted by Crippen LogP contribution is -2.08. The molecule has 3 aromatic rings. The van der Waals surface area contributed by atoms with Gasteiger partial charge in [-0.15, -0.1) is 0 Å². The van der Waals surface area contributed by atoms with Gasteiger partial charge in [-0.1, -0.05) is 24.3 Å². The highest BCUT2D eigenvalue weighted by Gasteiger charge is 2.24. The quantitative estimate of drug-likeness (QED) is 0.768. The van der Waals surface area contributed by atoms with Gasteiger partial charge in [0.1, 0.15) is 28.8 Å². The van der Waals surface area contributed by atoms with E-state index >= 15 is 0 Å². The molecule has 4 nitrogen and oxygen atoms in total. The number of aromatic nitrogens is 2. The maximum atomic E-state index is 14.4. The number of para-hydroxylation sites is 2. The van der Waals surface area contributed by atoms with Crippen LogP contribution in [0, 0.1) is 5.82 Å². The molecule has 0 spiro atoms. The van der Waals surface area contributed by atoms with Crippen LogP contribution < -0.4 is 10.1 Å². The molecule has 25 heavy (non-hydrogen) atoms. The molecule has 4 rings (SSSR count). The number of ether oxygens (including phenoxy) is 1. The number of rotatable bonds is 3. The normalized spacial score (nSPS) is 13.7. The zero-order valence-corrected chi connectivity index (χ0v) is 14.1. The van der Waals surface area contributed by atoms with E-state index in [1.165, 1.54) is 6.07 Å². The second kappa shape index (κ2) is 6.59.